The Labute approximate surface area is 176 Å². The number of allylic oxidation sites excluding steroid dienone is 3. The second-order valence-corrected chi connectivity index (χ2v) is 6.58. The number of alkyl halides is 6. The fraction of sp³-hybridized carbons (Fsp3) is 0.143. The summed E-state index contributed by atoms with van der Waals surface area (Å²) in [5.74, 6) is -3.97. The van der Waals surface area contributed by atoms with Gasteiger partial charge in [-0.25, -0.2) is 4.39 Å². The number of nitrogens with one attached hydrogen (secondary N) is 1. The Morgan fingerprint density at radius 3 is 2.19 bits per heavy atom. The van der Waals surface area contributed by atoms with E-state index in [2.05, 4.69) is 5.32 Å². The number of carbonyl (C=O) groups excluding carboxylic acids is 2. The summed E-state index contributed by atoms with van der Waals surface area (Å²) in [6, 6.07) is 3.71. The summed E-state index contributed by atoms with van der Waals surface area (Å²) in [6.07, 6.45) is -6.94. The predicted molar refractivity (Wildman–Crippen MR) is 97.2 cm³/mol. The molecule has 168 valence electrons. The highest BCUT2D eigenvalue weighted by atomic mass is 19.4. The monoisotopic (exact) mass is 459 g/mol. The molecule has 0 radical (unpaired) electrons. The van der Waals surface area contributed by atoms with Crippen LogP contribution in [0, 0.1) is 5.82 Å². The van der Waals surface area contributed by atoms with Gasteiger partial charge in [-0.3, -0.25) is 9.59 Å². The zero-order chi connectivity index (χ0) is 23.7. The summed E-state index contributed by atoms with van der Waals surface area (Å²) < 4.78 is 98.9. The van der Waals surface area contributed by atoms with E-state index in [4.69, 9.17) is 4.74 Å². The van der Waals surface area contributed by atoms with E-state index < -0.39 is 52.3 Å². The minimum atomic E-state index is -5.36. The average Bonchev–Trinajstić information content (AvgIpc) is 2.67. The lowest BCUT2D eigenvalue weighted by atomic mass is 10.00. The molecule has 0 bridgehead atoms. The van der Waals surface area contributed by atoms with Gasteiger partial charge in [0.1, 0.15) is 17.3 Å². The van der Waals surface area contributed by atoms with Crippen LogP contribution in [0.2, 0.25) is 0 Å². The van der Waals surface area contributed by atoms with Crippen LogP contribution in [0.5, 0.6) is 11.5 Å². The maximum atomic E-state index is 13.7. The average molecular weight is 459 g/mol. The number of benzene rings is 2. The van der Waals surface area contributed by atoms with Gasteiger partial charge in [0.05, 0.1) is 16.7 Å². The van der Waals surface area contributed by atoms with Gasteiger partial charge >= 0.3 is 12.4 Å². The highest BCUT2D eigenvalue weighted by Crippen LogP contribution is 2.42. The Kier molecular flexibility index (Phi) is 6.11. The third-order valence-corrected chi connectivity index (χ3v) is 4.19. The van der Waals surface area contributed by atoms with E-state index in [1.165, 1.54) is 12.2 Å². The number of hydrogen-bond donors (Lipinski definition) is 1. The lowest BCUT2D eigenvalue weighted by molar-refractivity contribution is -0.143. The molecule has 1 N–H and O–H groups in total. The van der Waals surface area contributed by atoms with Crippen molar-refractivity contribution in [2.75, 3.05) is 0 Å². The highest BCUT2D eigenvalue weighted by molar-refractivity contribution is 6.01. The maximum absolute atomic E-state index is 13.7. The van der Waals surface area contributed by atoms with Crippen molar-refractivity contribution in [3.05, 3.63) is 82.8 Å². The summed E-state index contributed by atoms with van der Waals surface area (Å²) in [7, 11) is 0. The van der Waals surface area contributed by atoms with Gasteiger partial charge in [-0.05, 0) is 42.5 Å². The van der Waals surface area contributed by atoms with Gasteiger partial charge < -0.3 is 10.1 Å². The molecule has 0 atom stereocenters. The second-order valence-electron chi connectivity index (χ2n) is 6.58. The summed E-state index contributed by atoms with van der Waals surface area (Å²) in [6.45, 7) is 0. The van der Waals surface area contributed by atoms with E-state index >= 15 is 0 Å². The number of ether oxygens (including phenoxy) is 1. The van der Waals surface area contributed by atoms with Gasteiger partial charge in [-0.15, -0.1) is 0 Å². The van der Waals surface area contributed by atoms with Crippen LogP contribution in [-0.2, 0) is 17.1 Å². The van der Waals surface area contributed by atoms with Crippen LogP contribution in [0.25, 0.3) is 0 Å². The van der Waals surface area contributed by atoms with E-state index in [1.807, 2.05) is 0 Å². The van der Waals surface area contributed by atoms with E-state index in [1.54, 1.807) is 0 Å². The molecule has 4 nitrogen and oxygen atoms in total. The first kappa shape index (κ1) is 23.0. The minimum Gasteiger partial charge on any atom is -0.457 e. The van der Waals surface area contributed by atoms with Crippen molar-refractivity contribution >= 4 is 11.7 Å². The van der Waals surface area contributed by atoms with Crippen molar-refractivity contribution in [2.24, 2.45) is 0 Å². The first-order chi connectivity index (χ1) is 14.8. The van der Waals surface area contributed by atoms with Crippen LogP contribution in [0.3, 0.4) is 0 Å². The van der Waals surface area contributed by atoms with Gasteiger partial charge in [0.2, 0.25) is 0 Å². The standard InChI is InChI=1S/C21H12F7NO3/c22-12-4-6-15(7-5-12)32-17-9-11(20(23,24)25)8-16(21(26,27)28)18(17)19(31)29-13-2-1-3-14(30)10-13/h1-2,4-10H,3H2,(H,29,31). The summed E-state index contributed by atoms with van der Waals surface area (Å²) in [5.41, 5.74) is -4.98. The highest BCUT2D eigenvalue weighted by Gasteiger charge is 2.42. The minimum absolute atomic E-state index is 0.0202. The van der Waals surface area contributed by atoms with Gasteiger partial charge in [-0.1, -0.05) is 6.08 Å². The Balaban J connectivity index is 2.16. The normalized spacial score (nSPS) is 14.2. The maximum Gasteiger partial charge on any atom is 0.417 e. The van der Waals surface area contributed by atoms with Crippen molar-refractivity contribution in [1.82, 2.24) is 5.32 Å². The summed E-state index contributed by atoms with van der Waals surface area (Å²) >= 11 is 0. The number of halogens is 7. The molecule has 0 fully saturated rings. The van der Waals surface area contributed by atoms with Crippen LogP contribution < -0.4 is 10.1 Å². The Bertz CT molecular complexity index is 1110. The van der Waals surface area contributed by atoms with Crippen molar-refractivity contribution in [3.8, 4) is 11.5 Å². The lowest BCUT2D eigenvalue weighted by Crippen LogP contribution is -2.27. The first-order valence-corrected chi connectivity index (χ1v) is 8.83. The predicted octanol–water partition coefficient (Wildman–Crippen LogP) is 5.80. The third-order valence-electron chi connectivity index (χ3n) is 4.19. The fourth-order valence-electron chi connectivity index (χ4n) is 2.80. The van der Waals surface area contributed by atoms with Crippen LogP contribution >= 0.6 is 0 Å². The number of hydrogen-bond acceptors (Lipinski definition) is 3. The van der Waals surface area contributed by atoms with Gasteiger partial charge in [0.25, 0.3) is 5.91 Å². The molecule has 2 aromatic carbocycles. The number of ketones is 1. The number of amides is 1. The largest absolute Gasteiger partial charge is 0.457 e. The summed E-state index contributed by atoms with van der Waals surface area (Å²) in [5, 5.41) is 2.06. The zero-order valence-corrected chi connectivity index (χ0v) is 15.8. The lowest BCUT2D eigenvalue weighted by Gasteiger charge is -2.20. The van der Waals surface area contributed by atoms with E-state index in [-0.39, 0.29) is 30.0 Å². The van der Waals surface area contributed by atoms with E-state index in [0.717, 1.165) is 30.3 Å². The molecule has 0 aromatic heterocycles. The van der Waals surface area contributed by atoms with Gasteiger partial charge in [0, 0.05) is 18.2 Å². The quantitative estimate of drug-likeness (QED) is 0.589. The van der Waals surface area contributed by atoms with Crippen molar-refractivity contribution in [2.45, 2.75) is 18.8 Å². The topological polar surface area (TPSA) is 55.4 Å². The molecule has 1 amide bonds. The molecule has 1 aliphatic carbocycles. The third kappa shape index (κ3) is 5.34. The Morgan fingerprint density at radius 1 is 0.969 bits per heavy atom. The van der Waals surface area contributed by atoms with Crippen molar-refractivity contribution in [3.63, 3.8) is 0 Å². The Hall–Kier alpha value is -3.63. The SMILES string of the molecule is O=C1C=C(NC(=O)c2c(Oc3ccc(F)cc3)cc(C(F)(F)F)cc2C(F)(F)F)C=CC1. The molecular formula is C21H12F7NO3. The zero-order valence-electron chi connectivity index (χ0n) is 15.8. The molecule has 0 saturated heterocycles. The molecular weight excluding hydrogens is 447 g/mol. The molecule has 0 spiro atoms. The van der Waals surface area contributed by atoms with Crippen LogP contribution in [-0.4, -0.2) is 11.7 Å². The number of carbonyl (C=O) groups is 2. The smallest absolute Gasteiger partial charge is 0.417 e. The molecule has 2 aromatic rings. The molecule has 32 heavy (non-hydrogen) atoms. The second kappa shape index (κ2) is 8.48. The Morgan fingerprint density at radius 2 is 1.62 bits per heavy atom. The molecule has 1 aliphatic rings. The van der Waals surface area contributed by atoms with Gasteiger partial charge in [0.15, 0.2) is 5.78 Å². The fourth-order valence-corrected chi connectivity index (χ4v) is 2.80. The van der Waals surface area contributed by atoms with Crippen LogP contribution in [0.4, 0.5) is 30.7 Å². The van der Waals surface area contributed by atoms with Gasteiger partial charge in [-0.2, -0.15) is 26.3 Å². The van der Waals surface area contributed by atoms with E-state index in [9.17, 15) is 40.3 Å². The molecule has 0 heterocycles. The molecule has 0 aliphatic heterocycles. The van der Waals surface area contributed by atoms with Crippen LogP contribution in [0.15, 0.2) is 60.3 Å². The van der Waals surface area contributed by atoms with E-state index in [0.29, 0.717) is 0 Å². The summed E-state index contributed by atoms with van der Waals surface area (Å²) in [4.78, 5) is 24.2. The molecule has 0 unspecified atom stereocenters. The van der Waals surface area contributed by atoms with Crippen molar-refractivity contribution in [1.29, 1.82) is 0 Å². The van der Waals surface area contributed by atoms with Crippen LogP contribution in [0.1, 0.15) is 27.9 Å². The molecule has 11 heteroatoms. The molecule has 0 saturated carbocycles. The van der Waals surface area contributed by atoms with Crippen molar-refractivity contribution < 1.29 is 45.1 Å². The molecule has 3 rings (SSSR count). The number of rotatable bonds is 4. The first-order valence-electron chi connectivity index (χ1n) is 8.83.